The largest absolute Gasteiger partial charge is 0.497 e. The Kier molecular flexibility index (Phi) is 6.77. The van der Waals surface area contributed by atoms with Gasteiger partial charge in [0.2, 0.25) is 5.95 Å². The van der Waals surface area contributed by atoms with Crippen molar-refractivity contribution in [2.24, 2.45) is 7.05 Å². The normalized spacial score (nSPS) is 14.0. The Bertz CT molecular complexity index is 1700. The Balaban J connectivity index is 1.21. The van der Waals surface area contributed by atoms with Gasteiger partial charge in [-0.3, -0.25) is 14.3 Å². The Hall–Kier alpha value is -4.19. The van der Waals surface area contributed by atoms with Crippen molar-refractivity contribution in [1.82, 2.24) is 24.1 Å². The number of aryl methyl sites for hydroxylation is 2. The third kappa shape index (κ3) is 4.87. The number of para-hydroxylation sites is 2. The second-order valence-corrected chi connectivity index (χ2v) is 10.4. The summed E-state index contributed by atoms with van der Waals surface area (Å²) in [6.07, 6.45) is 0.760. The summed E-state index contributed by atoms with van der Waals surface area (Å²) in [5.74, 6) is 2.29. The third-order valence-corrected chi connectivity index (χ3v) is 7.93. The molecule has 0 spiro atoms. The number of hydrogen-bond acceptors (Lipinski definition) is 9. The van der Waals surface area contributed by atoms with E-state index in [4.69, 9.17) is 14.1 Å². The molecule has 6 rings (SSSR count). The fraction of sp³-hybridized carbons (Fsp3) is 0.333. The molecule has 1 aliphatic rings. The van der Waals surface area contributed by atoms with Crippen molar-refractivity contribution in [3.05, 3.63) is 69.4 Å². The molecule has 202 valence electrons. The monoisotopic (exact) mass is 547 g/mol. The van der Waals surface area contributed by atoms with Crippen molar-refractivity contribution >= 4 is 45.7 Å². The summed E-state index contributed by atoms with van der Waals surface area (Å²) < 4.78 is 14.4. The summed E-state index contributed by atoms with van der Waals surface area (Å²) in [4.78, 5) is 41.5. The quantitative estimate of drug-likeness (QED) is 0.231. The average Bonchev–Trinajstić information content (AvgIpc) is 3.56. The van der Waals surface area contributed by atoms with Crippen molar-refractivity contribution in [2.45, 2.75) is 18.2 Å². The summed E-state index contributed by atoms with van der Waals surface area (Å²) in [6, 6.07) is 15.8. The number of benzene rings is 2. The maximum Gasteiger partial charge on any atom is 0.329 e. The van der Waals surface area contributed by atoms with E-state index in [1.807, 2.05) is 41.0 Å². The zero-order chi connectivity index (χ0) is 26.9. The standard InChI is InChI=1S/C27H29N7O4S/c1-31-23-22(24(35)30-26(31)36)34(12-5-17-39-27-28-20-6-3-4-7-21(20)38-27)25(29-23)33-15-13-32(14-16-33)18-8-10-19(37-2)11-9-18/h3-4,6-11H,5,12-17H2,1-2H3,(H,30,35,36). The van der Waals surface area contributed by atoms with E-state index in [1.54, 1.807) is 25.9 Å². The highest BCUT2D eigenvalue weighted by molar-refractivity contribution is 7.99. The zero-order valence-corrected chi connectivity index (χ0v) is 22.6. The molecule has 1 fully saturated rings. The molecule has 1 aliphatic heterocycles. The van der Waals surface area contributed by atoms with Crippen LogP contribution in [0.4, 0.5) is 11.6 Å². The number of thioether (sulfide) groups is 1. The molecule has 2 aromatic carbocycles. The van der Waals surface area contributed by atoms with Gasteiger partial charge < -0.3 is 23.5 Å². The summed E-state index contributed by atoms with van der Waals surface area (Å²) in [7, 11) is 3.29. The summed E-state index contributed by atoms with van der Waals surface area (Å²) in [5.41, 5.74) is 2.65. The number of rotatable bonds is 8. The predicted molar refractivity (Wildman–Crippen MR) is 152 cm³/mol. The molecule has 1 N–H and O–H groups in total. The van der Waals surface area contributed by atoms with Crippen molar-refractivity contribution < 1.29 is 9.15 Å². The minimum atomic E-state index is -0.473. The van der Waals surface area contributed by atoms with Gasteiger partial charge in [0.25, 0.3) is 10.8 Å². The molecule has 0 unspecified atom stereocenters. The first-order valence-corrected chi connectivity index (χ1v) is 13.8. The number of aromatic nitrogens is 5. The first kappa shape index (κ1) is 25.1. The number of fused-ring (bicyclic) bond motifs is 2. The van der Waals surface area contributed by atoms with E-state index in [-0.39, 0.29) is 0 Å². The highest BCUT2D eigenvalue weighted by atomic mass is 32.2. The number of anilines is 2. The molecule has 0 aliphatic carbocycles. The Morgan fingerprint density at radius 1 is 1.00 bits per heavy atom. The lowest BCUT2D eigenvalue weighted by Gasteiger charge is -2.36. The van der Waals surface area contributed by atoms with Crippen molar-refractivity contribution in [3.63, 3.8) is 0 Å². The Morgan fingerprint density at radius 3 is 2.49 bits per heavy atom. The fourth-order valence-corrected chi connectivity index (χ4v) is 5.69. The van der Waals surface area contributed by atoms with Gasteiger partial charge in [-0.25, -0.2) is 9.78 Å². The second kappa shape index (κ2) is 10.5. The highest BCUT2D eigenvalue weighted by Gasteiger charge is 2.25. The van der Waals surface area contributed by atoms with Crippen LogP contribution in [0.3, 0.4) is 0 Å². The van der Waals surface area contributed by atoms with Gasteiger partial charge in [0, 0.05) is 51.2 Å². The molecule has 3 aromatic heterocycles. The molecule has 4 heterocycles. The molecule has 39 heavy (non-hydrogen) atoms. The number of aromatic amines is 1. The van der Waals surface area contributed by atoms with Crippen LogP contribution in [-0.2, 0) is 13.6 Å². The first-order chi connectivity index (χ1) is 19.0. The Labute approximate surface area is 228 Å². The predicted octanol–water partition coefficient (Wildman–Crippen LogP) is 3.08. The van der Waals surface area contributed by atoms with Crippen LogP contribution in [0.5, 0.6) is 5.75 Å². The number of H-pyrrole nitrogens is 1. The summed E-state index contributed by atoms with van der Waals surface area (Å²) >= 11 is 1.54. The topological polar surface area (TPSA) is 114 Å². The molecular weight excluding hydrogens is 518 g/mol. The lowest BCUT2D eigenvalue weighted by atomic mass is 10.2. The van der Waals surface area contributed by atoms with Crippen LogP contribution in [0.2, 0.25) is 0 Å². The number of methoxy groups -OCH3 is 1. The van der Waals surface area contributed by atoms with E-state index in [0.717, 1.165) is 60.9 Å². The highest BCUT2D eigenvalue weighted by Crippen LogP contribution is 2.27. The van der Waals surface area contributed by atoms with Gasteiger partial charge >= 0.3 is 5.69 Å². The maximum absolute atomic E-state index is 12.9. The average molecular weight is 548 g/mol. The van der Waals surface area contributed by atoms with Crippen LogP contribution in [0, 0.1) is 0 Å². The van der Waals surface area contributed by atoms with Crippen LogP contribution in [0.25, 0.3) is 22.3 Å². The number of nitrogens with one attached hydrogen (secondary N) is 1. The van der Waals surface area contributed by atoms with Gasteiger partial charge in [0.05, 0.1) is 7.11 Å². The van der Waals surface area contributed by atoms with Gasteiger partial charge in [0.15, 0.2) is 16.7 Å². The van der Waals surface area contributed by atoms with E-state index in [9.17, 15) is 9.59 Å². The number of ether oxygens (including phenoxy) is 1. The van der Waals surface area contributed by atoms with Crippen molar-refractivity contribution in [1.29, 1.82) is 0 Å². The molecule has 0 saturated carbocycles. The lowest BCUT2D eigenvalue weighted by Crippen LogP contribution is -2.47. The molecule has 1 saturated heterocycles. The van der Waals surface area contributed by atoms with Gasteiger partial charge in [0.1, 0.15) is 11.3 Å². The SMILES string of the molecule is COc1ccc(N2CCN(c3nc4c(c(=O)[nH]c(=O)n4C)n3CCCSc3nc4ccccc4o3)CC2)cc1. The second-order valence-electron chi connectivity index (χ2n) is 9.38. The van der Waals surface area contributed by atoms with E-state index in [2.05, 4.69) is 31.9 Å². The van der Waals surface area contributed by atoms with Gasteiger partial charge in [-0.15, -0.1) is 0 Å². The van der Waals surface area contributed by atoms with Crippen LogP contribution < -0.4 is 25.8 Å². The van der Waals surface area contributed by atoms with Crippen LogP contribution in [0.15, 0.2) is 67.8 Å². The Morgan fingerprint density at radius 2 is 1.74 bits per heavy atom. The molecule has 0 radical (unpaired) electrons. The van der Waals surface area contributed by atoms with Crippen LogP contribution in [-0.4, -0.2) is 63.1 Å². The molecule has 0 amide bonds. The number of nitrogens with zero attached hydrogens (tertiary/aromatic N) is 6. The van der Waals surface area contributed by atoms with Crippen molar-refractivity contribution in [3.8, 4) is 5.75 Å². The van der Waals surface area contributed by atoms with Gasteiger partial charge in [-0.05, 0) is 42.8 Å². The molecule has 12 heteroatoms. The number of hydrogen-bond donors (Lipinski definition) is 1. The maximum atomic E-state index is 12.9. The summed E-state index contributed by atoms with van der Waals surface area (Å²) in [6.45, 7) is 3.65. The van der Waals surface area contributed by atoms with E-state index in [1.165, 1.54) is 4.57 Å². The molecule has 0 bridgehead atoms. The molecular formula is C27H29N7O4S. The summed E-state index contributed by atoms with van der Waals surface area (Å²) in [5, 5.41) is 0.627. The van der Waals surface area contributed by atoms with E-state index < -0.39 is 11.2 Å². The van der Waals surface area contributed by atoms with Gasteiger partial charge in [-0.1, -0.05) is 23.9 Å². The lowest BCUT2D eigenvalue weighted by molar-refractivity contribution is 0.415. The van der Waals surface area contributed by atoms with Crippen molar-refractivity contribution in [2.75, 3.05) is 48.8 Å². The van der Waals surface area contributed by atoms with E-state index in [0.29, 0.717) is 28.9 Å². The first-order valence-electron chi connectivity index (χ1n) is 12.8. The minimum absolute atomic E-state index is 0.392. The number of imidazole rings is 1. The minimum Gasteiger partial charge on any atom is -0.497 e. The molecule has 5 aromatic rings. The zero-order valence-electron chi connectivity index (χ0n) is 21.8. The molecule has 11 nitrogen and oxygen atoms in total. The van der Waals surface area contributed by atoms with Crippen LogP contribution in [0.1, 0.15) is 6.42 Å². The van der Waals surface area contributed by atoms with E-state index >= 15 is 0 Å². The fourth-order valence-electron chi connectivity index (χ4n) is 4.93. The van der Waals surface area contributed by atoms with Crippen LogP contribution >= 0.6 is 11.8 Å². The smallest absolute Gasteiger partial charge is 0.329 e. The van der Waals surface area contributed by atoms with Gasteiger partial charge in [-0.2, -0.15) is 4.98 Å². The molecule has 0 atom stereocenters. The third-order valence-electron chi connectivity index (χ3n) is 7.01. The number of piperazine rings is 1. The number of oxazole rings is 1.